The summed E-state index contributed by atoms with van der Waals surface area (Å²) in [5.41, 5.74) is 9.20. The van der Waals surface area contributed by atoms with E-state index in [4.69, 9.17) is 34.0 Å². The number of ether oxygens (including phenoxy) is 6. The van der Waals surface area contributed by atoms with Crippen molar-refractivity contribution in [2.24, 2.45) is 5.11 Å². The zero-order valence-corrected chi connectivity index (χ0v) is 15.7. The molecular weight excluding hydrogens is 354 g/mol. The van der Waals surface area contributed by atoms with Gasteiger partial charge in [0.15, 0.2) is 30.1 Å². The van der Waals surface area contributed by atoms with Crippen LogP contribution in [0.4, 0.5) is 5.69 Å². The standard InChI is InChI=1S/C18H23N3O6/c1-17(2)22-9-12(25-17)13-14(15-16(24-13)27-18(3,4)26-15)23-11-8-6-5-7-10(11)20-21-19/h5-8,12-16H,9H2,1-4H3/t12-,13-,14+,15-,16-/m1/s1. The molecule has 146 valence electrons. The predicted octanol–water partition coefficient (Wildman–Crippen LogP) is 3.40. The van der Waals surface area contributed by atoms with Gasteiger partial charge in [-0.1, -0.05) is 17.2 Å². The second kappa shape index (κ2) is 6.63. The van der Waals surface area contributed by atoms with E-state index in [0.29, 0.717) is 18.0 Å². The molecule has 4 rings (SSSR count). The number of nitrogens with zero attached hydrogens (tertiary/aromatic N) is 3. The Morgan fingerprint density at radius 2 is 1.85 bits per heavy atom. The summed E-state index contributed by atoms with van der Waals surface area (Å²) in [4.78, 5) is 2.86. The number of fused-ring (bicyclic) bond motifs is 1. The van der Waals surface area contributed by atoms with Crippen LogP contribution in [0.2, 0.25) is 0 Å². The van der Waals surface area contributed by atoms with Gasteiger partial charge in [-0.25, -0.2) is 0 Å². The second-order valence-corrected chi connectivity index (χ2v) is 7.68. The lowest BCUT2D eigenvalue weighted by molar-refractivity contribution is -0.230. The highest BCUT2D eigenvalue weighted by Gasteiger charge is 2.59. The summed E-state index contributed by atoms with van der Waals surface area (Å²) in [5, 5.41) is 3.70. The first-order valence-electron chi connectivity index (χ1n) is 8.92. The Morgan fingerprint density at radius 3 is 2.56 bits per heavy atom. The van der Waals surface area contributed by atoms with Crippen LogP contribution in [-0.4, -0.2) is 48.9 Å². The highest BCUT2D eigenvalue weighted by Crippen LogP contribution is 2.43. The second-order valence-electron chi connectivity index (χ2n) is 7.68. The fraction of sp³-hybridized carbons (Fsp3) is 0.667. The molecule has 1 aromatic rings. The van der Waals surface area contributed by atoms with Crippen LogP contribution in [0.5, 0.6) is 5.75 Å². The molecular formula is C18H23N3O6. The molecule has 3 saturated heterocycles. The van der Waals surface area contributed by atoms with Crippen LogP contribution in [0.1, 0.15) is 27.7 Å². The summed E-state index contributed by atoms with van der Waals surface area (Å²) in [6, 6.07) is 7.01. The predicted molar refractivity (Wildman–Crippen MR) is 93.3 cm³/mol. The topological polar surface area (TPSA) is 104 Å². The van der Waals surface area contributed by atoms with E-state index < -0.39 is 36.2 Å². The SMILES string of the molecule is CC1(C)O[C@H]2O[C@H]([C@H]3COC(C)(C)O3)[C@H](Oc3ccccc3N=[N+]=[N-])[C@H]2O1. The Bertz CT molecular complexity index is 763. The van der Waals surface area contributed by atoms with Crippen LogP contribution in [0, 0.1) is 0 Å². The molecule has 9 heteroatoms. The highest BCUT2D eigenvalue weighted by atomic mass is 16.8. The van der Waals surface area contributed by atoms with Gasteiger partial charge in [-0.15, -0.1) is 0 Å². The Hall–Kier alpha value is -1.87. The Kier molecular flexibility index (Phi) is 4.54. The Balaban J connectivity index is 1.62. The summed E-state index contributed by atoms with van der Waals surface area (Å²) >= 11 is 0. The van der Waals surface area contributed by atoms with E-state index in [2.05, 4.69) is 10.0 Å². The van der Waals surface area contributed by atoms with Crippen molar-refractivity contribution in [3.05, 3.63) is 34.7 Å². The van der Waals surface area contributed by atoms with Gasteiger partial charge in [0, 0.05) is 4.91 Å². The molecule has 0 aliphatic carbocycles. The molecule has 3 aliphatic heterocycles. The number of hydrogen-bond acceptors (Lipinski definition) is 7. The average molecular weight is 377 g/mol. The van der Waals surface area contributed by atoms with Gasteiger partial charge in [0.1, 0.15) is 18.0 Å². The van der Waals surface area contributed by atoms with Gasteiger partial charge in [0.05, 0.1) is 12.3 Å². The molecule has 0 radical (unpaired) electrons. The molecule has 3 fully saturated rings. The lowest BCUT2D eigenvalue weighted by Gasteiger charge is -2.29. The molecule has 0 N–H and O–H groups in total. The lowest BCUT2D eigenvalue weighted by Crippen LogP contribution is -2.45. The molecule has 1 aromatic carbocycles. The number of rotatable bonds is 4. The van der Waals surface area contributed by atoms with E-state index in [9.17, 15) is 0 Å². The summed E-state index contributed by atoms with van der Waals surface area (Å²) in [6.45, 7) is 7.73. The van der Waals surface area contributed by atoms with E-state index in [-0.39, 0.29) is 6.10 Å². The molecule has 27 heavy (non-hydrogen) atoms. The van der Waals surface area contributed by atoms with E-state index in [1.165, 1.54) is 0 Å². The molecule has 3 heterocycles. The third kappa shape index (κ3) is 3.62. The van der Waals surface area contributed by atoms with E-state index in [1.807, 2.05) is 33.8 Å². The van der Waals surface area contributed by atoms with Gasteiger partial charge < -0.3 is 28.4 Å². The first-order chi connectivity index (χ1) is 12.8. The summed E-state index contributed by atoms with van der Waals surface area (Å²) in [6.07, 6.45) is -2.34. The maximum absolute atomic E-state index is 8.80. The van der Waals surface area contributed by atoms with Crippen LogP contribution in [0.25, 0.3) is 10.4 Å². The molecule has 3 aliphatic rings. The minimum absolute atomic E-state index is 0.336. The molecule has 5 atom stereocenters. The van der Waals surface area contributed by atoms with Gasteiger partial charge in [-0.3, -0.25) is 0 Å². The van der Waals surface area contributed by atoms with Gasteiger partial charge in [0.2, 0.25) is 0 Å². The van der Waals surface area contributed by atoms with Crippen molar-refractivity contribution >= 4 is 5.69 Å². The average Bonchev–Trinajstić information content (AvgIpc) is 3.20. The van der Waals surface area contributed by atoms with Crippen LogP contribution >= 0.6 is 0 Å². The zero-order valence-electron chi connectivity index (χ0n) is 15.7. The van der Waals surface area contributed by atoms with Gasteiger partial charge in [0.25, 0.3) is 0 Å². The minimum Gasteiger partial charge on any atom is -0.484 e. The molecule has 0 bridgehead atoms. The van der Waals surface area contributed by atoms with Crippen molar-refractivity contribution in [2.45, 2.75) is 70.0 Å². The fourth-order valence-electron chi connectivity index (χ4n) is 3.65. The molecule has 0 spiro atoms. The van der Waals surface area contributed by atoms with Crippen molar-refractivity contribution in [1.29, 1.82) is 0 Å². The summed E-state index contributed by atoms with van der Waals surface area (Å²) < 4.78 is 35.9. The molecule has 0 amide bonds. The van der Waals surface area contributed by atoms with Gasteiger partial charge >= 0.3 is 0 Å². The third-order valence-electron chi connectivity index (χ3n) is 4.70. The summed E-state index contributed by atoms with van der Waals surface area (Å²) in [5.74, 6) is -1.03. The summed E-state index contributed by atoms with van der Waals surface area (Å²) in [7, 11) is 0. The number of hydrogen-bond donors (Lipinski definition) is 0. The Labute approximate surface area is 157 Å². The molecule has 9 nitrogen and oxygen atoms in total. The van der Waals surface area contributed by atoms with Crippen molar-refractivity contribution in [3.63, 3.8) is 0 Å². The van der Waals surface area contributed by atoms with Crippen LogP contribution < -0.4 is 4.74 Å². The van der Waals surface area contributed by atoms with Crippen molar-refractivity contribution < 1.29 is 28.4 Å². The molecule has 0 unspecified atom stereocenters. The van der Waals surface area contributed by atoms with E-state index >= 15 is 0 Å². The first kappa shape index (κ1) is 18.5. The first-order valence-corrected chi connectivity index (χ1v) is 8.92. The van der Waals surface area contributed by atoms with Gasteiger partial charge in [-0.05, 0) is 45.4 Å². The highest BCUT2D eigenvalue weighted by molar-refractivity contribution is 5.51. The van der Waals surface area contributed by atoms with Crippen molar-refractivity contribution in [3.8, 4) is 5.75 Å². The zero-order chi connectivity index (χ0) is 19.2. The normalized spacial score (nSPS) is 36.2. The maximum atomic E-state index is 8.80. The monoisotopic (exact) mass is 377 g/mol. The number of para-hydroxylation sites is 1. The van der Waals surface area contributed by atoms with Crippen LogP contribution in [-0.2, 0) is 23.7 Å². The Morgan fingerprint density at radius 1 is 1.07 bits per heavy atom. The quantitative estimate of drug-likeness (QED) is 0.452. The van der Waals surface area contributed by atoms with E-state index in [1.54, 1.807) is 18.2 Å². The van der Waals surface area contributed by atoms with E-state index in [0.717, 1.165) is 0 Å². The fourth-order valence-corrected chi connectivity index (χ4v) is 3.65. The van der Waals surface area contributed by atoms with Gasteiger partial charge in [-0.2, -0.15) is 0 Å². The smallest absolute Gasteiger partial charge is 0.191 e. The maximum Gasteiger partial charge on any atom is 0.191 e. The lowest BCUT2D eigenvalue weighted by atomic mass is 10.1. The number of benzene rings is 1. The van der Waals surface area contributed by atoms with Crippen molar-refractivity contribution in [1.82, 2.24) is 0 Å². The van der Waals surface area contributed by atoms with Crippen LogP contribution in [0.15, 0.2) is 29.4 Å². The largest absolute Gasteiger partial charge is 0.484 e. The molecule has 0 aromatic heterocycles. The van der Waals surface area contributed by atoms with Crippen molar-refractivity contribution in [2.75, 3.05) is 6.61 Å². The minimum atomic E-state index is -0.779. The van der Waals surface area contributed by atoms with Crippen LogP contribution in [0.3, 0.4) is 0 Å². The number of azide groups is 1. The third-order valence-corrected chi connectivity index (χ3v) is 4.70. The molecule has 0 saturated carbocycles.